The molecule has 25 heavy (non-hydrogen) atoms. The highest BCUT2D eigenvalue weighted by molar-refractivity contribution is 7.80. The lowest BCUT2D eigenvalue weighted by Gasteiger charge is -2.07. The summed E-state index contributed by atoms with van der Waals surface area (Å²) in [7, 11) is 0. The van der Waals surface area contributed by atoms with E-state index in [1.807, 2.05) is 36.4 Å². The van der Waals surface area contributed by atoms with Crippen LogP contribution in [0, 0.1) is 0 Å². The fraction of sp³-hybridized carbons (Fsp3) is 0.105. The van der Waals surface area contributed by atoms with E-state index in [1.165, 1.54) is 6.33 Å². The normalized spacial score (nSPS) is 12.2. The van der Waals surface area contributed by atoms with Crippen molar-refractivity contribution in [2.75, 3.05) is 0 Å². The van der Waals surface area contributed by atoms with Crippen molar-refractivity contribution in [3.63, 3.8) is 0 Å². The average molecular weight is 347 g/mol. The molecule has 0 aliphatic rings. The molecule has 0 saturated heterocycles. The van der Waals surface area contributed by atoms with Crippen LogP contribution in [0.2, 0.25) is 0 Å². The van der Waals surface area contributed by atoms with Gasteiger partial charge in [0, 0.05) is 11.1 Å². The standard InChI is InChI=1S/C19H17N5S/c25-16(11-24-13-20-12-21-24)19-22-17(14-7-3-1-4-8-14)18(23-19)15-9-5-2-6-10-15/h1-10,12-13,16,25H,11H2,(H,22,23). The van der Waals surface area contributed by atoms with Gasteiger partial charge in [-0.25, -0.2) is 9.97 Å². The first-order valence-electron chi connectivity index (χ1n) is 8.02. The van der Waals surface area contributed by atoms with Crippen molar-refractivity contribution in [2.45, 2.75) is 11.8 Å². The number of thiol groups is 1. The molecule has 124 valence electrons. The van der Waals surface area contributed by atoms with Crippen LogP contribution in [0.5, 0.6) is 0 Å². The summed E-state index contributed by atoms with van der Waals surface area (Å²) < 4.78 is 1.75. The second kappa shape index (κ2) is 6.94. The van der Waals surface area contributed by atoms with Crippen LogP contribution in [0.3, 0.4) is 0 Å². The van der Waals surface area contributed by atoms with Gasteiger partial charge in [0.1, 0.15) is 18.5 Å². The molecular weight excluding hydrogens is 330 g/mol. The zero-order chi connectivity index (χ0) is 17.1. The molecule has 4 rings (SSSR count). The van der Waals surface area contributed by atoms with Gasteiger partial charge in [-0.1, -0.05) is 60.7 Å². The summed E-state index contributed by atoms with van der Waals surface area (Å²) in [4.78, 5) is 12.3. The predicted molar refractivity (Wildman–Crippen MR) is 101 cm³/mol. The minimum atomic E-state index is -0.110. The van der Waals surface area contributed by atoms with Crippen LogP contribution in [0.4, 0.5) is 0 Å². The van der Waals surface area contributed by atoms with Crippen molar-refractivity contribution in [3.8, 4) is 22.5 Å². The van der Waals surface area contributed by atoms with E-state index in [-0.39, 0.29) is 5.25 Å². The Kier molecular flexibility index (Phi) is 4.35. The van der Waals surface area contributed by atoms with Crippen LogP contribution in [-0.2, 0) is 6.54 Å². The molecule has 2 aromatic carbocycles. The van der Waals surface area contributed by atoms with E-state index in [2.05, 4.69) is 39.3 Å². The summed E-state index contributed by atoms with van der Waals surface area (Å²) in [6.07, 6.45) is 3.20. The van der Waals surface area contributed by atoms with E-state index < -0.39 is 0 Å². The summed E-state index contributed by atoms with van der Waals surface area (Å²) in [5, 5.41) is 4.03. The minimum absolute atomic E-state index is 0.110. The first-order valence-corrected chi connectivity index (χ1v) is 8.54. The summed E-state index contributed by atoms with van der Waals surface area (Å²) in [5.41, 5.74) is 4.10. The lowest BCUT2D eigenvalue weighted by Crippen LogP contribution is -2.06. The Bertz CT molecular complexity index is 876. The third-order valence-corrected chi connectivity index (χ3v) is 4.38. The number of nitrogens with one attached hydrogen (secondary N) is 1. The molecule has 2 aromatic heterocycles. The van der Waals surface area contributed by atoms with E-state index in [0.29, 0.717) is 6.54 Å². The average Bonchev–Trinajstić information content (AvgIpc) is 3.33. The molecule has 0 spiro atoms. The Morgan fingerprint density at radius 3 is 2.28 bits per heavy atom. The number of H-pyrrole nitrogens is 1. The number of benzene rings is 2. The van der Waals surface area contributed by atoms with Crippen molar-refractivity contribution in [1.82, 2.24) is 24.7 Å². The van der Waals surface area contributed by atoms with Gasteiger partial charge in [0.15, 0.2) is 0 Å². The summed E-state index contributed by atoms with van der Waals surface area (Å²) in [6, 6.07) is 20.4. The van der Waals surface area contributed by atoms with Crippen molar-refractivity contribution in [3.05, 3.63) is 79.1 Å². The van der Waals surface area contributed by atoms with Gasteiger partial charge in [0.05, 0.1) is 23.2 Å². The SMILES string of the molecule is SC(Cn1cncn1)c1nc(-c2ccccc2)c(-c2ccccc2)[nH]1. The maximum absolute atomic E-state index is 4.84. The van der Waals surface area contributed by atoms with Crippen LogP contribution in [0.15, 0.2) is 73.3 Å². The molecule has 0 saturated carbocycles. The molecule has 0 amide bonds. The van der Waals surface area contributed by atoms with E-state index in [1.54, 1.807) is 11.0 Å². The Morgan fingerprint density at radius 1 is 0.960 bits per heavy atom. The zero-order valence-corrected chi connectivity index (χ0v) is 14.3. The first kappa shape index (κ1) is 15.7. The highest BCUT2D eigenvalue weighted by atomic mass is 32.1. The van der Waals surface area contributed by atoms with E-state index in [9.17, 15) is 0 Å². The van der Waals surface area contributed by atoms with Crippen LogP contribution in [0.1, 0.15) is 11.1 Å². The van der Waals surface area contributed by atoms with Crippen LogP contribution >= 0.6 is 12.6 Å². The van der Waals surface area contributed by atoms with Gasteiger partial charge in [0.2, 0.25) is 0 Å². The number of nitrogens with zero attached hydrogens (tertiary/aromatic N) is 4. The highest BCUT2D eigenvalue weighted by Gasteiger charge is 2.18. The van der Waals surface area contributed by atoms with E-state index in [4.69, 9.17) is 17.6 Å². The van der Waals surface area contributed by atoms with E-state index in [0.717, 1.165) is 28.3 Å². The Hall–Kier alpha value is -2.86. The summed E-state index contributed by atoms with van der Waals surface area (Å²) in [6.45, 7) is 0.596. The molecule has 4 aromatic rings. The van der Waals surface area contributed by atoms with Crippen molar-refractivity contribution in [1.29, 1.82) is 0 Å². The van der Waals surface area contributed by atoms with Crippen LogP contribution in [-0.4, -0.2) is 24.7 Å². The van der Waals surface area contributed by atoms with Gasteiger partial charge in [-0.3, -0.25) is 4.68 Å². The van der Waals surface area contributed by atoms with Gasteiger partial charge in [-0.05, 0) is 0 Å². The molecule has 5 nitrogen and oxygen atoms in total. The Morgan fingerprint density at radius 2 is 1.64 bits per heavy atom. The molecule has 1 atom stereocenters. The number of aromatic amines is 1. The lowest BCUT2D eigenvalue weighted by atomic mass is 10.1. The molecule has 0 aliphatic carbocycles. The van der Waals surface area contributed by atoms with Gasteiger partial charge >= 0.3 is 0 Å². The molecule has 0 radical (unpaired) electrons. The number of rotatable bonds is 5. The molecule has 0 bridgehead atoms. The molecule has 1 unspecified atom stereocenters. The molecule has 0 aliphatic heterocycles. The van der Waals surface area contributed by atoms with Crippen LogP contribution < -0.4 is 0 Å². The quantitative estimate of drug-likeness (QED) is 0.536. The third kappa shape index (κ3) is 3.34. The van der Waals surface area contributed by atoms with Gasteiger partial charge in [-0.15, -0.1) is 0 Å². The highest BCUT2D eigenvalue weighted by Crippen LogP contribution is 2.32. The molecular formula is C19H17N5S. The first-order chi connectivity index (χ1) is 12.3. The number of aromatic nitrogens is 5. The minimum Gasteiger partial charge on any atom is -0.340 e. The predicted octanol–water partition coefficient (Wildman–Crippen LogP) is 4.01. The van der Waals surface area contributed by atoms with Crippen LogP contribution in [0.25, 0.3) is 22.5 Å². The second-order valence-corrected chi connectivity index (χ2v) is 6.33. The molecule has 1 N–H and O–H groups in total. The third-order valence-electron chi connectivity index (χ3n) is 3.97. The lowest BCUT2D eigenvalue weighted by molar-refractivity contribution is 0.594. The fourth-order valence-electron chi connectivity index (χ4n) is 2.76. The van der Waals surface area contributed by atoms with Gasteiger partial charge in [0.25, 0.3) is 0 Å². The number of hydrogen-bond acceptors (Lipinski definition) is 4. The monoisotopic (exact) mass is 347 g/mol. The number of hydrogen-bond donors (Lipinski definition) is 2. The van der Waals surface area contributed by atoms with Crippen molar-refractivity contribution >= 4 is 12.6 Å². The number of imidazole rings is 1. The molecule has 0 fully saturated rings. The smallest absolute Gasteiger partial charge is 0.137 e. The molecule has 6 heteroatoms. The Balaban J connectivity index is 1.75. The second-order valence-electron chi connectivity index (χ2n) is 5.71. The summed E-state index contributed by atoms with van der Waals surface area (Å²) in [5.74, 6) is 0.816. The largest absolute Gasteiger partial charge is 0.340 e. The van der Waals surface area contributed by atoms with Gasteiger partial charge < -0.3 is 4.98 Å². The maximum atomic E-state index is 4.84. The fourth-order valence-corrected chi connectivity index (χ4v) is 3.05. The topological polar surface area (TPSA) is 59.4 Å². The summed E-state index contributed by atoms with van der Waals surface area (Å²) >= 11 is 4.71. The maximum Gasteiger partial charge on any atom is 0.137 e. The van der Waals surface area contributed by atoms with E-state index >= 15 is 0 Å². The molecule has 2 heterocycles. The van der Waals surface area contributed by atoms with Gasteiger partial charge in [-0.2, -0.15) is 17.7 Å². The van der Waals surface area contributed by atoms with Crippen molar-refractivity contribution < 1.29 is 0 Å². The Labute approximate surface area is 151 Å². The van der Waals surface area contributed by atoms with Crippen molar-refractivity contribution in [2.24, 2.45) is 0 Å². The zero-order valence-electron chi connectivity index (χ0n) is 13.4.